The number of nitrogens with two attached hydrogens (primary N) is 3. The minimum Gasteiger partial charge on any atom is -0.370 e. The Labute approximate surface area is 300 Å². The minimum absolute atomic E-state index is 0.0400. The fourth-order valence-electron chi connectivity index (χ4n) is 5.57. The van der Waals surface area contributed by atoms with E-state index < -0.39 is 11.7 Å². The second kappa shape index (κ2) is 17.4. The number of hydrogen-bond acceptors (Lipinski definition) is 5. The number of nitrogens with zero attached hydrogens (tertiary/aromatic N) is 3. The maximum absolute atomic E-state index is 13.0. The molecule has 0 aliphatic rings. The van der Waals surface area contributed by atoms with Gasteiger partial charge in [-0.3, -0.25) is 9.56 Å². The van der Waals surface area contributed by atoms with Crippen LogP contribution in [0.2, 0.25) is 0 Å². The average molecular weight is 711 g/mol. The van der Waals surface area contributed by atoms with Crippen LogP contribution in [0.15, 0.2) is 64.5 Å². The van der Waals surface area contributed by atoms with Crippen LogP contribution in [-0.2, 0) is 23.4 Å². The molecule has 12 heteroatoms. The van der Waals surface area contributed by atoms with Gasteiger partial charge in [-0.15, -0.1) is 0 Å². The molecule has 0 aliphatic carbocycles. The monoisotopic (exact) mass is 710 g/mol. The quantitative estimate of drug-likeness (QED) is 0.0587. The summed E-state index contributed by atoms with van der Waals surface area (Å²) in [6.45, 7) is 17.6. The Morgan fingerprint density at radius 2 is 1.61 bits per heavy atom. The highest BCUT2D eigenvalue weighted by atomic mass is 19.4. The number of H-pyrrole nitrogens is 1. The van der Waals surface area contributed by atoms with Crippen LogP contribution < -0.4 is 28.2 Å². The second-order valence-corrected chi connectivity index (χ2v) is 15.3. The third-order valence-electron chi connectivity index (χ3n) is 8.63. The van der Waals surface area contributed by atoms with Gasteiger partial charge in [0.1, 0.15) is 5.65 Å². The summed E-state index contributed by atoms with van der Waals surface area (Å²) < 4.78 is 40.5. The van der Waals surface area contributed by atoms with Gasteiger partial charge in [0.15, 0.2) is 5.96 Å². The van der Waals surface area contributed by atoms with Crippen molar-refractivity contribution >= 4 is 17.0 Å². The number of hydrogen-bond donors (Lipinski definition) is 5. The topological polar surface area (TPSA) is 153 Å². The van der Waals surface area contributed by atoms with Crippen molar-refractivity contribution in [3.8, 4) is 5.69 Å². The normalized spacial score (nSPS) is 13.4. The van der Waals surface area contributed by atoms with E-state index in [4.69, 9.17) is 17.2 Å². The van der Waals surface area contributed by atoms with Gasteiger partial charge in [0, 0.05) is 41.3 Å². The first-order valence-corrected chi connectivity index (χ1v) is 17.7. The Morgan fingerprint density at radius 1 is 0.961 bits per heavy atom. The van der Waals surface area contributed by atoms with Crippen molar-refractivity contribution in [3.05, 3.63) is 93.2 Å². The van der Waals surface area contributed by atoms with Gasteiger partial charge in [-0.2, -0.15) is 18.2 Å². The molecule has 2 aromatic heterocycles. The molecule has 0 amide bonds. The van der Waals surface area contributed by atoms with E-state index in [1.807, 2.05) is 52.1 Å². The molecular weight excluding hydrogens is 653 g/mol. The third-order valence-corrected chi connectivity index (χ3v) is 8.63. The van der Waals surface area contributed by atoms with Crippen LogP contribution in [0.25, 0.3) is 16.7 Å². The van der Waals surface area contributed by atoms with Gasteiger partial charge in [0.2, 0.25) is 0 Å². The van der Waals surface area contributed by atoms with Crippen molar-refractivity contribution < 1.29 is 13.2 Å². The first kappa shape index (κ1) is 41.3. The summed E-state index contributed by atoms with van der Waals surface area (Å²) >= 11 is 0. The molecule has 280 valence electrons. The summed E-state index contributed by atoms with van der Waals surface area (Å²) in [7, 11) is 0. The van der Waals surface area contributed by atoms with E-state index in [-0.39, 0.29) is 34.6 Å². The molecule has 4 aromatic rings. The molecule has 0 saturated carbocycles. The number of benzene rings is 2. The lowest BCUT2D eigenvalue weighted by atomic mass is 9.84. The molecule has 2 atom stereocenters. The molecule has 2 heterocycles. The largest absolute Gasteiger partial charge is 0.416 e. The highest BCUT2D eigenvalue weighted by Crippen LogP contribution is 2.34. The molecule has 8 N–H and O–H groups in total. The van der Waals surface area contributed by atoms with Crippen LogP contribution in [0.5, 0.6) is 0 Å². The zero-order valence-electron chi connectivity index (χ0n) is 31.4. The average Bonchev–Trinajstić information content (AvgIpc) is 3.45. The number of rotatable bonds is 12. The first-order chi connectivity index (χ1) is 23.7. The summed E-state index contributed by atoms with van der Waals surface area (Å²) in [5.41, 5.74) is 20.3. The first-order valence-electron chi connectivity index (χ1n) is 17.7. The fraction of sp³-hybridized carbons (Fsp3) is 0.513. The van der Waals surface area contributed by atoms with Crippen molar-refractivity contribution in [2.45, 2.75) is 117 Å². The van der Waals surface area contributed by atoms with Crippen molar-refractivity contribution in [2.75, 3.05) is 13.1 Å². The van der Waals surface area contributed by atoms with E-state index >= 15 is 0 Å². The number of aromatic amines is 1. The standard InChI is InChI=1S/C23H33N7O.C16H24F3N/c1-5-18(26-11-6-12-27-21(24)25)15-7-9-17(10-8-15)30-14-16-13-19(23(2,3)4)28-20(16)29-22(30)31;1-11(20)6-5-7-12-8-13(15(2,3)4)10-14(9-12)16(17,18)19/h7-10,13-14,18,26H,5-6,11-12H2,1-4H3,(H4,24,25,27)(H,28,29,31);8-11H,5-7,20H2,1-4H3/t18-;11-/m00/s1. The molecule has 4 rings (SSSR count). The van der Waals surface area contributed by atoms with Crippen LogP contribution >= 0.6 is 0 Å². The second-order valence-electron chi connectivity index (χ2n) is 15.3. The van der Waals surface area contributed by atoms with Gasteiger partial charge < -0.3 is 27.5 Å². The summed E-state index contributed by atoms with van der Waals surface area (Å²) in [6, 6.07) is 14.8. The number of halogens is 3. The Balaban J connectivity index is 0.000000304. The summed E-state index contributed by atoms with van der Waals surface area (Å²) in [4.78, 5) is 24.1. The van der Waals surface area contributed by atoms with E-state index in [1.54, 1.807) is 4.57 Å². The number of aromatic nitrogens is 3. The Bertz CT molecular complexity index is 1760. The molecule has 0 fully saturated rings. The Kier molecular flexibility index (Phi) is 14.1. The van der Waals surface area contributed by atoms with Crippen LogP contribution in [0, 0.1) is 0 Å². The van der Waals surface area contributed by atoms with E-state index in [0.29, 0.717) is 18.6 Å². The van der Waals surface area contributed by atoms with E-state index in [1.165, 1.54) is 17.7 Å². The third kappa shape index (κ3) is 12.5. The summed E-state index contributed by atoms with van der Waals surface area (Å²) in [5.74, 6) is 0.125. The van der Waals surface area contributed by atoms with E-state index in [9.17, 15) is 18.0 Å². The molecule has 2 aromatic carbocycles. The van der Waals surface area contributed by atoms with Gasteiger partial charge in [-0.05, 0) is 98.0 Å². The zero-order chi connectivity index (χ0) is 38.1. The van der Waals surface area contributed by atoms with Crippen molar-refractivity contribution in [1.82, 2.24) is 19.9 Å². The van der Waals surface area contributed by atoms with Crippen LogP contribution in [0.4, 0.5) is 13.2 Å². The predicted octanol–water partition coefficient (Wildman–Crippen LogP) is 7.39. The summed E-state index contributed by atoms with van der Waals surface area (Å²) in [5, 5.41) is 4.45. The maximum Gasteiger partial charge on any atom is 0.416 e. The van der Waals surface area contributed by atoms with Crippen LogP contribution in [-0.4, -0.2) is 39.6 Å². The number of nitrogens with one attached hydrogen (secondary N) is 2. The molecule has 9 nitrogen and oxygen atoms in total. The molecule has 0 aliphatic heterocycles. The maximum atomic E-state index is 13.0. The number of alkyl halides is 3. The highest BCUT2D eigenvalue weighted by Gasteiger charge is 2.32. The Hall–Kier alpha value is -4.16. The number of fused-ring (bicyclic) bond motifs is 1. The van der Waals surface area contributed by atoms with Gasteiger partial charge >= 0.3 is 11.9 Å². The number of aryl methyl sites for hydroxylation is 1. The van der Waals surface area contributed by atoms with Crippen molar-refractivity contribution in [3.63, 3.8) is 0 Å². The van der Waals surface area contributed by atoms with Crippen molar-refractivity contribution in [1.29, 1.82) is 0 Å². The number of aliphatic imine (C=N–C) groups is 1. The molecule has 0 saturated heterocycles. The lowest BCUT2D eigenvalue weighted by molar-refractivity contribution is -0.137. The van der Waals surface area contributed by atoms with Gasteiger partial charge in [-0.25, -0.2) is 4.79 Å². The minimum atomic E-state index is -4.29. The fourth-order valence-corrected chi connectivity index (χ4v) is 5.57. The molecule has 0 spiro atoms. The Morgan fingerprint density at radius 3 is 2.16 bits per heavy atom. The lowest BCUT2D eigenvalue weighted by Gasteiger charge is -2.22. The van der Waals surface area contributed by atoms with Gasteiger partial charge in [0.05, 0.1) is 11.3 Å². The smallest absolute Gasteiger partial charge is 0.370 e. The van der Waals surface area contributed by atoms with Crippen LogP contribution in [0.1, 0.15) is 115 Å². The van der Waals surface area contributed by atoms with E-state index in [2.05, 4.69) is 66.2 Å². The van der Waals surface area contributed by atoms with Crippen molar-refractivity contribution in [2.24, 2.45) is 22.2 Å². The lowest BCUT2D eigenvalue weighted by Crippen LogP contribution is -2.25. The molecule has 0 radical (unpaired) electrons. The SMILES string of the molecule is CC[C@H](NCCCN=C(N)N)c1ccc(-n2cc3cc(C(C)(C)C)[nH]c3nc2=O)cc1.C[C@H](N)CCCc1cc(C(C)(C)C)cc(C(F)(F)F)c1. The number of guanidine groups is 1. The predicted molar refractivity (Wildman–Crippen MR) is 203 cm³/mol. The van der Waals surface area contributed by atoms with Crippen LogP contribution in [0.3, 0.4) is 0 Å². The highest BCUT2D eigenvalue weighted by molar-refractivity contribution is 5.76. The molecule has 0 bridgehead atoms. The molecule has 0 unspecified atom stereocenters. The van der Waals surface area contributed by atoms with Gasteiger partial charge in [0.25, 0.3) is 0 Å². The van der Waals surface area contributed by atoms with E-state index in [0.717, 1.165) is 60.1 Å². The summed E-state index contributed by atoms with van der Waals surface area (Å²) in [6.07, 6.45) is 1.63. The molecule has 51 heavy (non-hydrogen) atoms. The zero-order valence-corrected chi connectivity index (χ0v) is 31.4. The molecular formula is C39H57F3N8O. The van der Waals surface area contributed by atoms with Gasteiger partial charge in [-0.1, -0.05) is 66.7 Å².